The summed E-state index contributed by atoms with van der Waals surface area (Å²) in [5.74, 6) is 3.16. The Kier molecular flexibility index (Phi) is 6.45. The first-order valence-corrected chi connectivity index (χ1v) is 12.3. The number of fused-ring (bicyclic) bond motifs is 1. The fraction of sp³-hybridized carbons (Fsp3) is 0.727. The molecule has 6 heterocycles. The summed E-state index contributed by atoms with van der Waals surface area (Å²) < 4.78 is 22.4. The van der Waals surface area contributed by atoms with E-state index in [0.717, 1.165) is 86.9 Å². The van der Waals surface area contributed by atoms with E-state index in [0.29, 0.717) is 52.9 Å². The van der Waals surface area contributed by atoms with Crippen LogP contribution in [0.15, 0.2) is 0 Å². The van der Waals surface area contributed by atoms with Crippen molar-refractivity contribution >= 4 is 34.6 Å². The number of rotatable bonds is 4. The predicted octanol–water partition coefficient (Wildman–Crippen LogP) is -0.234. The molecule has 0 N–H and O–H groups in total. The predicted molar refractivity (Wildman–Crippen MR) is 127 cm³/mol. The Morgan fingerprint density at radius 3 is 1.00 bits per heavy atom. The summed E-state index contributed by atoms with van der Waals surface area (Å²) in [6.45, 7) is 11.6. The fourth-order valence-corrected chi connectivity index (χ4v) is 4.76. The van der Waals surface area contributed by atoms with Crippen LogP contribution in [0.4, 0.5) is 23.5 Å². The lowest BCUT2D eigenvalue weighted by atomic mass is 10.3. The second kappa shape index (κ2) is 9.98. The number of morpholine rings is 4. The van der Waals surface area contributed by atoms with Crippen molar-refractivity contribution in [1.29, 1.82) is 0 Å². The molecule has 4 fully saturated rings. The van der Waals surface area contributed by atoms with Crippen molar-refractivity contribution in [3.63, 3.8) is 0 Å². The highest BCUT2D eigenvalue weighted by Gasteiger charge is 2.28. The molecule has 4 saturated heterocycles. The summed E-state index contributed by atoms with van der Waals surface area (Å²) in [6, 6.07) is 0. The SMILES string of the molecule is C1CN(c2nc(N3CCOCC3)c3nc(N4CCOCC4)nc(N4CCOCC4)c3n2)CCO1. The maximum absolute atomic E-state index is 5.63. The summed E-state index contributed by atoms with van der Waals surface area (Å²) in [6.07, 6.45) is 0. The van der Waals surface area contributed by atoms with Gasteiger partial charge in [-0.1, -0.05) is 0 Å². The zero-order valence-electron chi connectivity index (χ0n) is 19.5. The smallest absolute Gasteiger partial charge is 0.228 e. The van der Waals surface area contributed by atoms with Crippen molar-refractivity contribution in [2.24, 2.45) is 0 Å². The standard InChI is InChI=1S/C22H32N8O4/c1-9-31-10-2-27(1)19-17-18(24-21(25-19)29-5-13-33-14-6-29)20(28-3-11-32-12-4-28)26-22(23-17)30-7-15-34-16-8-30/h1-16H2. The first kappa shape index (κ1) is 22.0. The Hall–Kier alpha value is -2.54. The third kappa shape index (κ3) is 4.42. The molecular weight excluding hydrogens is 440 g/mol. The lowest BCUT2D eigenvalue weighted by Crippen LogP contribution is -2.41. The van der Waals surface area contributed by atoms with Gasteiger partial charge in [0.25, 0.3) is 0 Å². The molecule has 2 aromatic rings. The van der Waals surface area contributed by atoms with Crippen LogP contribution in [0, 0.1) is 0 Å². The van der Waals surface area contributed by atoms with Crippen LogP contribution >= 0.6 is 0 Å². The van der Waals surface area contributed by atoms with Crippen molar-refractivity contribution in [3.8, 4) is 0 Å². The molecule has 4 aliphatic rings. The third-order valence-corrected chi connectivity index (χ3v) is 6.69. The second-order valence-electron chi connectivity index (χ2n) is 8.79. The average Bonchev–Trinajstić information content (AvgIpc) is 2.94. The van der Waals surface area contributed by atoms with Crippen LogP contribution in [0.1, 0.15) is 0 Å². The number of aromatic nitrogens is 4. The van der Waals surface area contributed by atoms with Gasteiger partial charge in [0.15, 0.2) is 11.6 Å². The molecule has 0 spiro atoms. The minimum atomic E-state index is 0.677. The largest absolute Gasteiger partial charge is 0.378 e. The van der Waals surface area contributed by atoms with Gasteiger partial charge >= 0.3 is 0 Å². The molecule has 184 valence electrons. The molecule has 0 unspecified atom stereocenters. The van der Waals surface area contributed by atoms with Crippen LogP contribution in [0.2, 0.25) is 0 Å². The maximum Gasteiger partial charge on any atom is 0.228 e. The van der Waals surface area contributed by atoms with Crippen LogP contribution in [0.3, 0.4) is 0 Å². The van der Waals surface area contributed by atoms with E-state index in [4.69, 9.17) is 38.9 Å². The molecule has 0 saturated carbocycles. The molecule has 4 aliphatic heterocycles. The van der Waals surface area contributed by atoms with Gasteiger partial charge in [-0.3, -0.25) is 0 Å². The average molecular weight is 473 g/mol. The van der Waals surface area contributed by atoms with Gasteiger partial charge in [-0.05, 0) is 0 Å². The highest BCUT2D eigenvalue weighted by Crippen LogP contribution is 2.33. The van der Waals surface area contributed by atoms with Gasteiger partial charge in [-0.25, -0.2) is 9.97 Å². The Labute approximate surface area is 198 Å². The second-order valence-corrected chi connectivity index (χ2v) is 8.79. The normalized spacial score (nSPS) is 22.5. The minimum Gasteiger partial charge on any atom is -0.378 e. The van der Waals surface area contributed by atoms with Crippen LogP contribution in [-0.4, -0.2) is 125 Å². The Balaban J connectivity index is 1.52. The number of anilines is 4. The van der Waals surface area contributed by atoms with Crippen molar-refractivity contribution in [1.82, 2.24) is 19.9 Å². The van der Waals surface area contributed by atoms with Gasteiger partial charge in [-0.2, -0.15) is 9.97 Å². The monoisotopic (exact) mass is 472 g/mol. The molecule has 0 radical (unpaired) electrons. The van der Waals surface area contributed by atoms with Gasteiger partial charge < -0.3 is 38.5 Å². The molecule has 0 amide bonds. The minimum absolute atomic E-state index is 0.677. The Morgan fingerprint density at radius 1 is 0.382 bits per heavy atom. The van der Waals surface area contributed by atoms with E-state index in [1.165, 1.54) is 0 Å². The molecule has 12 nitrogen and oxygen atoms in total. The van der Waals surface area contributed by atoms with Crippen molar-refractivity contribution < 1.29 is 18.9 Å². The molecule has 0 aromatic carbocycles. The molecule has 0 atom stereocenters. The highest BCUT2D eigenvalue weighted by atomic mass is 16.5. The lowest BCUT2D eigenvalue weighted by molar-refractivity contribution is 0.121. The quantitative estimate of drug-likeness (QED) is 0.587. The third-order valence-electron chi connectivity index (χ3n) is 6.69. The van der Waals surface area contributed by atoms with E-state index in [1.807, 2.05) is 0 Å². The first-order valence-electron chi connectivity index (χ1n) is 12.3. The topological polar surface area (TPSA) is 101 Å². The maximum atomic E-state index is 5.63. The van der Waals surface area contributed by atoms with Crippen LogP contribution in [0.5, 0.6) is 0 Å². The van der Waals surface area contributed by atoms with Crippen molar-refractivity contribution in [2.45, 2.75) is 0 Å². The van der Waals surface area contributed by atoms with Gasteiger partial charge in [-0.15, -0.1) is 0 Å². The van der Waals surface area contributed by atoms with Gasteiger partial charge in [0.05, 0.1) is 52.9 Å². The number of hydrogen-bond acceptors (Lipinski definition) is 12. The number of ether oxygens (including phenoxy) is 4. The van der Waals surface area contributed by atoms with E-state index >= 15 is 0 Å². The van der Waals surface area contributed by atoms with E-state index in [1.54, 1.807) is 0 Å². The van der Waals surface area contributed by atoms with Crippen LogP contribution < -0.4 is 19.6 Å². The van der Waals surface area contributed by atoms with Crippen LogP contribution in [0.25, 0.3) is 11.0 Å². The number of nitrogens with zero attached hydrogens (tertiary/aromatic N) is 8. The van der Waals surface area contributed by atoms with Crippen LogP contribution in [-0.2, 0) is 18.9 Å². The summed E-state index contributed by atoms with van der Waals surface area (Å²) in [5.41, 5.74) is 1.61. The Morgan fingerprint density at radius 2 is 0.676 bits per heavy atom. The fourth-order valence-electron chi connectivity index (χ4n) is 4.76. The highest BCUT2D eigenvalue weighted by molar-refractivity contribution is 5.95. The molecule has 34 heavy (non-hydrogen) atoms. The molecule has 0 bridgehead atoms. The van der Waals surface area contributed by atoms with E-state index in [9.17, 15) is 0 Å². The van der Waals surface area contributed by atoms with E-state index < -0.39 is 0 Å². The Bertz CT molecular complexity index is 907. The van der Waals surface area contributed by atoms with Gasteiger partial charge in [0.2, 0.25) is 11.9 Å². The molecular formula is C22H32N8O4. The zero-order valence-corrected chi connectivity index (χ0v) is 19.5. The van der Waals surface area contributed by atoms with Crippen molar-refractivity contribution in [2.75, 3.05) is 125 Å². The summed E-state index contributed by atoms with van der Waals surface area (Å²) in [4.78, 5) is 29.2. The molecule has 0 aliphatic carbocycles. The molecule has 6 rings (SSSR count). The van der Waals surface area contributed by atoms with Gasteiger partial charge in [0, 0.05) is 52.4 Å². The van der Waals surface area contributed by atoms with Crippen molar-refractivity contribution in [3.05, 3.63) is 0 Å². The van der Waals surface area contributed by atoms with Gasteiger partial charge in [0.1, 0.15) is 11.0 Å². The zero-order chi connectivity index (χ0) is 22.7. The van der Waals surface area contributed by atoms with E-state index in [-0.39, 0.29) is 0 Å². The number of hydrogen-bond donors (Lipinski definition) is 0. The lowest BCUT2D eigenvalue weighted by Gasteiger charge is -2.34. The summed E-state index contributed by atoms with van der Waals surface area (Å²) >= 11 is 0. The first-order chi connectivity index (χ1) is 16.9. The van der Waals surface area contributed by atoms with E-state index in [2.05, 4.69) is 19.6 Å². The summed E-state index contributed by atoms with van der Waals surface area (Å²) in [7, 11) is 0. The summed E-state index contributed by atoms with van der Waals surface area (Å²) in [5, 5.41) is 0. The molecule has 2 aromatic heterocycles. The molecule has 12 heteroatoms.